The third kappa shape index (κ3) is 2.03. The average Bonchev–Trinajstić information content (AvgIpc) is 2.52. The van der Waals surface area contributed by atoms with Gasteiger partial charge in [-0.05, 0) is 13.8 Å². The first-order valence-corrected chi connectivity index (χ1v) is 9.82. The molecule has 0 radical (unpaired) electrons. The van der Waals surface area contributed by atoms with Crippen LogP contribution in [0.5, 0.6) is 0 Å². The molecule has 0 aliphatic carbocycles. The number of β-lactam (4-membered cyclic amide) rings is 1. The Labute approximate surface area is 116 Å². The van der Waals surface area contributed by atoms with Gasteiger partial charge in [-0.15, -0.1) is 0 Å². The number of nitrogens with zero attached hydrogens (tertiary/aromatic N) is 1. The Bertz CT molecular complexity index is 454. The van der Waals surface area contributed by atoms with Crippen molar-refractivity contribution in [3.8, 4) is 0 Å². The molecule has 0 saturated carbocycles. The fourth-order valence-corrected chi connectivity index (χ4v) is 5.64. The van der Waals surface area contributed by atoms with E-state index in [1.807, 2.05) is 13.3 Å². The lowest BCUT2D eigenvalue weighted by atomic mass is 9.96. The predicted molar refractivity (Wildman–Crippen MR) is 75.7 cm³/mol. The van der Waals surface area contributed by atoms with Gasteiger partial charge in [0.15, 0.2) is 6.04 Å². The van der Waals surface area contributed by atoms with Crippen molar-refractivity contribution in [2.75, 3.05) is 20.4 Å². The summed E-state index contributed by atoms with van der Waals surface area (Å²) in [6, 6.07) is -1.17. The van der Waals surface area contributed by atoms with Crippen LogP contribution in [0.4, 0.5) is 0 Å². The molecule has 0 aromatic carbocycles. The maximum Gasteiger partial charge on any atom is 0.330 e. The van der Waals surface area contributed by atoms with Crippen LogP contribution in [-0.4, -0.2) is 63.6 Å². The number of rotatable bonds is 3. The molecule has 8 heteroatoms. The van der Waals surface area contributed by atoms with E-state index in [2.05, 4.69) is 5.09 Å². The number of carbonyl (C=O) groups is 2. The number of ether oxygens (including phenoxy) is 1. The Morgan fingerprint density at radius 3 is 2.53 bits per heavy atom. The molecular weight excluding hydrogens is 287 g/mol. The van der Waals surface area contributed by atoms with Gasteiger partial charge in [0.25, 0.3) is 0 Å². The van der Waals surface area contributed by atoms with E-state index in [9.17, 15) is 13.8 Å². The second-order valence-corrected chi connectivity index (χ2v) is 10.0. The highest BCUT2D eigenvalue weighted by molar-refractivity contribution is 7.87. The zero-order chi connectivity index (χ0) is 14.5. The lowest BCUT2D eigenvalue weighted by molar-refractivity contribution is -0.161. The van der Waals surface area contributed by atoms with Crippen LogP contribution < -0.4 is 5.09 Å². The Balaban J connectivity index is 2.31. The van der Waals surface area contributed by atoms with Gasteiger partial charge in [-0.3, -0.25) is 9.00 Å². The highest BCUT2D eigenvalue weighted by Gasteiger charge is 2.68. The number of esters is 1. The molecule has 2 aliphatic rings. The molecule has 2 heterocycles. The SMILES string of the molecule is COC(=O)[C@@H]1N2C(=O)[C@@H](N[PH+](C)C)[C@H]2S(=O)C1(C)C. The average molecular weight is 307 g/mol. The van der Waals surface area contributed by atoms with Gasteiger partial charge in [-0.1, -0.05) is 0 Å². The van der Waals surface area contributed by atoms with Crippen LogP contribution in [0.1, 0.15) is 13.8 Å². The summed E-state index contributed by atoms with van der Waals surface area (Å²) < 4.78 is 16.5. The molecule has 0 spiro atoms. The minimum absolute atomic E-state index is 0.148. The summed E-state index contributed by atoms with van der Waals surface area (Å²) in [5.41, 5.74) is 0. The van der Waals surface area contributed by atoms with Crippen LogP contribution in [0.15, 0.2) is 0 Å². The fourth-order valence-electron chi connectivity index (χ4n) is 2.70. The van der Waals surface area contributed by atoms with Crippen LogP contribution in [0.25, 0.3) is 0 Å². The van der Waals surface area contributed by atoms with E-state index in [1.54, 1.807) is 13.8 Å². The number of carbonyl (C=O) groups excluding carboxylic acids is 2. The molecular formula is C11H20N2O4PS+. The Morgan fingerprint density at radius 1 is 1.47 bits per heavy atom. The first-order chi connectivity index (χ1) is 8.73. The normalized spacial score (nSPS) is 36.1. The van der Waals surface area contributed by atoms with E-state index in [1.165, 1.54) is 12.0 Å². The molecule has 2 fully saturated rings. The summed E-state index contributed by atoms with van der Waals surface area (Å²) in [5, 5.41) is 2.80. The van der Waals surface area contributed by atoms with Crippen molar-refractivity contribution in [3.05, 3.63) is 0 Å². The van der Waals surface area contributed by atoms with Gasteiger partial charge >= 0.3 is 5.97 Å². The second-order valence-electron chi connectivity index (χ2n) is 5.58. The van der Waals surface area contributed by atoms with E-state index in [-0.39, 0.29) is 5.91 Å². The monoisotopic (exact) mass is 307 g/mol. The molecule has 0 bridgehead atoms. The minimum Gasteiger partial charge on any atom is -0.467 e. The van der Waals surface area contributed by atoms with Crippen molar-refractivity contribution in [1.82, 2.24) is 9.99 Å². The zero-order valence-corrected chi connectivity index (χ0v) is 13.5. The number of fused-ring (bicyclic) bond motifs is 1. The smallest absolute Gasteiger partial charge is 0.330 e. The summed E-state index contributed by atoms with van der Waals surface area (Å²) in [5.74, 6) is -0.642. The van der Waals surface area contributed by atoms with Gasteiger partial charge in [-0.2, -0.15) is 5.09 Å². The second kappa shape index (κ2) is 4.79. The zero-order valence-electron chi connectivity index (χ0n) is 11.7. The standard InChI is InChI=1S/C11H19N2O4PS/c1-11(2)7(10(15)17-3)13-8(14)6(12-18(4)5)9(13)19(11)16/h6-7,9,12H,1-5H3/p+1/t6-,7+,9-,19?/m1/s1. The predicted octanol–water partition coefficient (Wildman–Crippen LogP) is -0.416. The minimum atomic E-state index is -1.28. The molecule has 2 aliphatic heterocycles. The van der Waals surface area contributed by atoms with Crippen molar-refractivity contribution in [2.45, 2.75) is 36.1 Å². The topological polar surface area (TPSA) is 75.7 Å². The molecule has 19 heavy (non-hydrogen) atoms. The van der Waals surface area contributed by atoms with Crippen molar-refractivity contribution in [2.24, 2.45) is 0 Å². The third-order valence-electron chi connectivity index (χ3n) is 3.62. The number of hydrogen-bond acceptors (Lipinski definition) is 5. The number of amides is 1. The van der Waals surface area contributed by atoms with Gasteiger partial charge < -0.3 is 9.64 Å². The fraction of sp³-hybridized carbons (Fsp3) is 0.818. The van der Waals surface area contributed by atoms with Gasteiger partial charge in [-0.25, -0.2) is 4.79 Å². The molecule has 1 unspecified atom stereocenters. The molecule has 6 nitrogen and oxygen atoms in total. The van der Waals surface area contributed by atoms with Crippen LogP contribution in [0.3, 0.4) is 0 Å². The lowest BCUT2D eigenvalue weighted by Gasteiger charge is -2.42. The largest absolute Gasteiger partial charge is 0.467 e. The molecule has 4 atom stereocenters. The van der Waals surface area contributed by atoms with Crippen LogP contribution in [0, 0.1) is 0 Å². The molecule has 0 aromatic rings. The number of methoxy groups -OCH3 is 1. The molecule has 0 aromatic heterocycles. The van der Waals surface area contributed by atoms with E-state index in [4.69, 9.17) is 4.74 Å². The van der Waals surface area contributed by atoms with Gasteiger partial charge in [0.05, 0.1) is 44.1 Å². The Kier molecular flexibility index (Phi) is 3.75. The molecule has 1 N–H and O–H groups in total. The summed E-state index contributed by atoms with van der Waals surface area (Å²) in [4.78, 5) is 25.5. The van der Waals surface area contributed by atoms with Gasteiger partial charge in [0.1, 0.15) is 11.4 Å². The Morgan fingerprint density at radius 2 is 2.05 bits per heavy atom. The highest BCUT2D eigenvalue weighted by atomic mass is 32.2. The maximum atomic E-state index is 12.5. The quantitative estimate of drug-likeness (QED) is 0.436. The summed E-state index contributed by atoms with van der Waals surface area (Å²) in [6.07, 6.45) is 0. The van der Waals surface area contributed by atoms with Crippen molar-refractivity contribution >= 4 is 30.7 Å². The van der Waals surface area contributed by atoms with Gasteiger partial charge in [0, 0.05) is 0 Å². The first-order valence-electron chi connectivity index (χ1n) is 6.11. The highest BCUT2D eigenvalue weighted by Crippen LogP contribution is 2.45. The summed E-state index contributed by atoms with van der Waals surface area (Å²) in [7, 11) is -0.813. The van der Waals surface area contributed by atoms with E-state index < -0.39 is 47.0 Å². The van der Waals surface area contributed by atoms with Crippen LogP contribution >= 0.6 is 8.07 Å². The Hall–Kier alpha value is -0.520. The van der Waals surface area contributed by atoms with E-state index in [0.29, 0.717) is 0 Å². The molecule has 108 valence electrons. The van der Waals surface area contributed by atoms with E-state index >= 15 is 0 Å². The first kappa shape index (κ1) is 14.9. The van der Waals surface area contributed by atoms with Crippen molar-refractivity contribution in [3.63, 3.8) is 0 Å². The van der Waals surface area contributed by atoms with Crippen LogP contribution in [-0.2, 0) is 25.1 Å². The molecule has 2 rings (SSSR count). The molecule has 2 saturated heterocycles. The number of nitrogens with one attached hydrogen (secondary N) is 1. The third-order valence-corrected chi connectivity index (χ3v) is 6.71. The maximum absolute atomic E-state index is 12.5. The summed E-state index contributed by atoms with van der Waals surface area (Å²) >= 11 is 0. The summed E-state index contributed by atoms with van der Waals surface area (Å²) in [6.45, 7) is 7.55. The van der Waals surface area contributed by atoms with Crippen molar-refractivity contribution in [1.29, 1.82) is 0 Å². The molecule has 1 amide bonds. The van der Waals surface area contributed by atoms with Crippen molar-refractivity contribution < 1.29 is 18.5 Å². The van der Waals surface area contributed by atoms with E-state index in [0.717, 1.165) is 0 Å². The van der Waals surface area contributed by atoms with Gasteiger partial charge in [0.2, 0.25) is 5.91 Å². The number of hydrogen-bond donors (Lipinski definition) is 1. The lowest BCUT2D eigenvalue weighted by Crippen LogP contribution is -2.70. The van der Waals surface area contributed by atoms with Crippen LogP contribution in [0.2, 0.25) is 0 Å².